The maximum absolute atomic E-state index is 11.9. The average Bonchev–Trinajstić information content (AvgIpc) is 3.24. The van der Waals surface area contributed by atoms with Crippen LogP contribution in [0.4, 0.5) is 5.95 Å². The Bertz CT molecular complexity index is 590. The Morgan fingerprint density at radius 2 is 1.95 bits per heavy atom. The lowest BCUT2D eigenvalue weighted by atomic mass is 9.73. The van der Waals surface area contributed by atoms with Crippen molar-refractivity contribution in [3.63, 3.8) is 0 Å². The van der Waals surface area contributed by atoms with Gasteiger partial charge in [-0.3, -0.25) is 4.72 Å². The van der Waals surface area contributed by atoms with E-state index in [0.29, 0.717) is 0 Å². The Morgan fingerprint density at radius 1 is 1.25 bits per heavy atom. The van der Waals surface area contributed by atoms with Crippen LogP contribution in [0.3, 0.4) is 0 Å². The van der Waals surface area contributed by atoms with E-state index >= 15 is 0 Å². The summed E-state index contributed by atoms with van der Waals surface area (Å²) in [4.78, 5) is 8.52. The topological polar surface area (TPSA) is 72.0 Å². The lowest BCUT2D eigenvalue weighted by molar-refractivity contribution is 0.312. The zero-order valence-electron chi connectivity index (χ0n) is 11.8. The molecule has 2 aliphatic rings. The molecule has 110 valence electrons. The number of nitrogens with one attached hydrogen (secondary N) is 1. The van der Waals surface area contributed by atoms with E-state index in [0.717, 1.165) is 31.4 Å². The van der Waals surface area contributed by atoms with Crippen LogP contribution in [-0.2, 0) is 15.4 Å². The molecule has 0 amide bonds. The zero-order valence-corrected chi connectivity index (χ0v) is 12.6. The fourth-order valence-corrected chi connectivity index (χ4v) is 4.20. The molecule has 2 aliphatic carbocycles. The molecule has 0 bridgehead atoms. The second-order valence-electron chi connectivity index (χ2n) is 6.23. The first-order valence-electron chi connectivity index (χ1n) is 7.35. The van der Waals surface area contributed by atoms with Crippen molar-refractivity contribution in [2.24, 2.45) is 0 Å². The van der Waals surface area contributed by atoms with Gasteiger partial charge in [0.05, 0.1) is 10.9 Å². The Hall–Kier alpha value is -1.17. The molecule has 0 saturated heterocycles. The van der Waals surface area contributed by atoms with Gasteiger partial charge in [0.1, 0.15) is 0 Å². The SMILES string of the molecule is CC1(c2ccnc(NS(=O)(=O)C3CC3)n2)CCCCC1. The van der Waals surface area contributed by atoms with E-state index < -0.39 is 10.0 Å². The smallest absolute Gasteiger partial charge is 0.237 e. The van der Waals surface area contributed by atoms with Crippen LogP contribution in [0.1, 0.15) is 57.6 Å². The highest BCUT2D eigenvalue weighted by Crippen LogP contribution is 2.38. The molecule has 0 aromatic carbocycles. The van der Waals surface area contributed by atoms with Gasteiger partial charge in [0.2, 0.25) is 16.0 Å². The first-order chi connectivity index (χ1) is 9.50. The molecule has 0 atom stereocenters. The Kier molecular flexibility index (Phi) is 3.44. The largest absolute Gasteiger partial charge is 0.251 e. The van der Waals surface area contributed by atoms with Crippen molar-refractivity contribution in [3.05, 3.63) is 18.0 Å². The Labute approximate surface area is 120 Å². The summed E-state index contributed by atoms with van der Waals surface area (Å²) in [6.07, 6.45) is 9.07. The molecule has 1 aromatic heterocycles. The standard InChI is InChI=1S/C14H21N3O2S/c1-14(8-3-2-4-9-14)12-7-10-15-13(16-12)17-20(18,19)11-5-6-11/h7,10-11H,2-6,8-9H2,1H3,(H,15,16,17). The second kappa shape index (κ2) is 4.98. The predicted octanol–water partition coefficient (Wildman–Crippen LogP) is 2.60. The van der Waals surface area contributed by atoms with Gasteiger partial charge in [0.15, 0.2) is 0 Å². The van der Waals surface area contributed by atoms with Crippen molar-refractivity contribution in [1.29, 1.82) is 0 Å². The molecule has 2 saturated carbocycles. The van der Waals surface area contributed by atoms with Crippen LogP contribution < -0.4 is 4.72 Å². The normalized spacial score (nSPS) is 22.4. The van der Waals surface area contributed by atoms with Gasteiger partial charge in [-0.05, 0) is 31.7 Å². The minimum absolute atomic E-state index is 0.0565. The minimum atomic E-state index is -3.28. The third kappa shape index (κ3) is 2.80. The number of rotatable bonds is 4. The summed E-state index contributed by atoms with van der Waals surface area (Å²) in [5.41, 5.74) is 1.02. The monoisotopic (exact) mass is 295 g/mol. The molecule has 2 fully saturated rings. The first kappa shape index (κ1) is 13.8. The maximum Gasteiger partial charge on any atom is 0.237 e. The van der Waals surface area contributed by atoms with Crippen LogP contribution >= 0.6 is 0 Å². The molecule has 1 heterocycles. The fraction of sp³-hybridized carbons (Fsp3) is 0.714. The summed E-state index contributed by atoms with van der Waals surface area (Å²) in [7, 11) is -3.28. The number of anilines is 1. The molecule has 3 rings (SSSR count). The van der Waals surface area contributed by atoms with Crippen molar-refractivity contribution < 1.29 is 8.42 Å². The summed E-state index contributed by atoms with van der Waals surface area (Å²) < 4.78 is 26.4. The number of sulfonamides is 1. The number of nitrogens with zero attached hydrogens (tertiary/aromatic N) is 2. The van der Waals surface area contributed by atoms with Crippen molar-refractivity contribution in [2.75, 3.05) is 4.72 Å². The molecule has 6 heteroatoms. The Balaban J connectivity index is 1.82. The van der Waals surface area contributed by atoms with Gasteiger partial charge in [-0.15, -0.1) is 0 Å². The molecule has 0 radical (unpaired) electrons. The summed E-state index contributed by atoms with van der Waals surface area (Å²) in [6, 6.07) is 1.92. The molecule has 0 spiro atoms. The molecule has 5 nitrogen and oxygen atoms in total. The van der Waals surface area contributed by atoms with E-state index in [4.69, 9.17) is 0 Å². The lowest BCUT2D eigenvalue weighted by Crippen LogP contribution is -2.27. The highest BCUT2D eigenvalue weighted by Gasteiger charge is 2.36. The van der Waals surface area contributed by atoms with Crippen LogP contribution in [-0.4, -0.2) is 23.6 Å². The summed E-state index contributed by atoms with van der Waals surface area (Å²) in [5, 5.41) is -0.250. The second-order valence-corrected chi connectivity index (χ2v) is 8.19. The summed E-state index contributed by atoms with van der Waals surface area (Å²) >= 11 is 0. The third-order valence-corrected chi connectivity index (χ3v) is 6.24. The highest BCUT2D eigenvalue weighted by molar-refractivity contribution is 7.93. The van der Waals surface area contributed by atoms with E-state index in [1.807, 2.05) is 6.07 Å². The van der Waals surface area contributed by atoms with Crippen LogP contribution in [0, 0.1) is 0 Å². The van der Waals surface area contributed by atoms with Gasteiger partial charge < -0.3 is 0 Å². The highest BCUT2D eigenvalue weighted by atomic mass is 32.2. The van der Waals surface area contributed by atoms with E-state index in [-0.39, 0.29) is 16.6 Å². The van der Waals surface area contributed by atoms with Gasteiger partial charge in [-0.1, -0.05) is 26.2 Å². The molecular weight excluding hydrogens is 274 g/mol. The van der Waals surface area contributed by atoms with Crippen LogP contribution in [0.2, 0.25) is 0 Å². The molecule has 1 N–H and O–H groups in total. The van der Waals surface area contributed by atoms with Crippen LogP contribution in [0.15, 0.2) is 12.3 Å². The van der Waals surface area contributed by atoms with Crippen molar-refractivity contribution >= 4 is 16.0 Å². The van der Waals surface area contributed by atoms with Crippen molar-refractivity contribution in [3.8, 4) is 0 Å². The third-order valence-electron chi connectivity index (χ3n) is 4.43. The number of hydrogen-bond acceptors (Lipinski definition) is 4. The maximum atomic E-state index is 11.9. The average molecular weight is 295 g/mol. The molecular formula is C14H21N3O2S. The molecule has 0 unspecified atom stereocenters. The van der Waals surface area contributed by atoms with E-state index in [1.54, 1.807) is 6.20 Å². The first-order valence-corrected chi connectivity index (χ1v) is 8.89. The van der Waals surface area contributed by atoms with Gasteiger partial charge in [-0.25, -0.2) is 18.4 Å². The zero-order chi connectivity index (χ0) is 14.2. The molecule has 0 aliphatic heterocycles. The van der Waals surface area contributed by atoms with Crippen molar-refractivity contribution in [1.82, 2.24) is 9.97 Å². The van der Waals surface area contributed by atoms with Crippen LogP contribution in [0.5, 0.6) is 0 Å². The predicted molar refractivity (Wildman–Crippen MR) is 78.0 cm³/mol. The molecule has 1 aromatic rings. The summed E-state index contributed by atoms with van der Waals surface area (Å²) in [5.74, 6) is 0.223. The van der Waals surface area contributed by atoms with Gasteiger partial charge in [0.25, 0.3) is 0 Å². The van der Waals surface area contributed by atoms with Gasteiger partial charge >= 0.3 is 0 Å². The fourth-order valence-electron chi connectivity index (χ4n) is 2.92. The van der Waals surface area contributed by atoms with Gasteiger partial charge in [-0.2, -0.15) is 0 Å². The van der Waals surface area contributed by atoms with E-state index in [9.17, 15) is 8.42 Å². The van der Waals surface area contributed by atoms with Crippen LogP contribution in [0.25, 0.3) is 0 Å². The van der Waals surface area contributed by atoms with E-state index in [2.05, 4.69) is 21.6 Å². The summed E-state index contributed by atoms with van der Waals surface area (Å²) in [6.45, 7) is 2.22. The number of aromatic nitrogens is 2. The van der Waals surface area contributed by atoms with Crippen molar-refractivity contribution in [2.45, 2.75) is 62.5 Å². The minimum Gasteiger partial charge on any atom is -0.251 e. The van der Waals surface area contributed by atoms with E-state index in [1.165, 1.54) is 19.3 Å². The van der Waals surface area contributed by atoms with Gasteiger partial charge in [0, 0.05) is 11.6 Å². The Morgan fingerprint density at radius 3 is 2.60 bits per heavy atom. The molecule has 20 heavy (non-hydrogen) atoms. The number of hydrogen-bond donors (Lipinski definition) is 1. The lowest BCUT2D eigenvalue weighted by Gasteiger charge is -2.33. The quantitative estimate of drug-likeness (QED) is 0.926.